The van der Waals surface area contributed by atoms with Crippen LogP contribution < -0.4 is 11.1 Å². The van der Waals surface area contributed by atoms with Crippen molar-refractivity contribution >= 4 is 23.4 Å². The number of carbonyl (C=O) groups excluding carboxylic acids is 1. The van der Waals surface area contributed by atoms with Crippen molar-refractivity contribution < 1.29 is 4.79 Å². The summed E-state index contributed by atoms with van der Waals surface area (Å²) in [4.78, 5) is 12.1. The molecule has 1 aromatic rings. The highest BCUT2D eigenvalue weighted by molar-refractivity contribution is 7.99. The Balaban J connectivity index is 1.82. The largest absolute Gasteiger partial charge is 0.399 e. The fourth-order valence-electron chi connectivity index (χ4n) is 2.83. The quantitative estimate of drug-likeness (QED) is 0.820. The minimum absolute atomic E-state index is 0.152. The summed E-state index contributed by atoms with van der Waals surface area (Å²) in [6.07, 6.45) is 8.23. The Kier molecular flexibility index (Phi) is 5.77. The van der Waals surface area contributed by atoms with E-state index in [1.165, 1.54) is 19.3 Å². The molecule has 0 radical (unpaired) electrons. The SMILES string of the molecule is CSC1CCCCC1NC(=O)CCc1ccccc1N. The van der Waals surface area contributed by atoms with Crippen LogP contribution in [0.15, 0.2) is 24.3 Å². The van der Waals surface area contributed by atoms with E-state index >= 15 is 0 Å². The molecule has 3 nitrogen and oxygen atoms in total. The summed E-state index contributed by atoms with van der Waals surface area (Å²) in [5.74, 6) is 0.152. The fraction of sp³-hybridized carbons (Fsp3) is 0.562. The van der Waals surface area contributed by atoms with Gasteiger partial charge in [0, 0.05) is 23.4 Å². The van der Waals surface area contributed by atoms with Crippen molar-refractivity contribution in [3.8, 4) is 0 Å². The van der Waals surface area contributed by atoms with Gasteiger partial charge in [0.15, 0.2) is 0 Å². The summed E-state index contributed by atoms with van der Waals surface area (Å²) in [6, 6.07) is 8.12. The molecule has 1 aliphatic rings. The molecule has 1 fully saturated rings. The third-order valence-electron chi connectivity index (χ3n) is 4.03. The molecule has 2 unspecified atom stereocenters. The maximum Gasteiger partial charge on any atom is 0.220 e. The van der Waals surface area contributed by atoms with E-state index in [0.717, 1.165) is 24.1 Å². The summed E-state index contributed by atoms with van der Waals surface area (Å²) in [5, 5.41) is 3.79. The van der Waals surface area contributed by atoms with Crippen LogP contribution in [0.3, 0.4) is 0 Å². The maximum atomic E-state index is 12.1. The minimum Gasteiger partial charge on any atom is -0.399 e. The number of carbonyl (C=O) groups is 1. The van der Waals surface area contributed by atoms with Crippen molar-refractivity contribution in [2.45, 2.75) is 49.8 Å². The van der Waals surface area contributed by atoms with Gasteiger partial charge in [-0.3, -0.25) is 4.79 Å². The van der Waals surface area contributed by atoms with Gasteiger partial charge < -0.3 is 11.1 Å². The molecule has 4 heteroatoms. The van der Waals surface area contributed by atoms with Gasteiger partial charge in [0.25, 0.3) is 0 Å². The predicted molar refractivity (Wildman–Crippen MR) is 86.9 cm³/mol. The molecular formula is C16H24N2OS. The number of anilines is 1. The maximum absolute atomic E-state index is 12.1. The molecule has 0 spiro atoms. The van der Waals surface area contributed by atoms with Crippen LogP contribution in [0.5, 0.6) is 0 Å². The Hall–Kier alpha value is -1.16. The highest BCUT2D eigenvalue weighted by Crippen LogP contribution is 2.27. The van der Waals surface area contributed by atoms with Gasteiger partial charge in [-0.25, -0.2) is 0 Å². The molecule has 1 aromatic carbocycles. The van der Waals surface area contributed by atoms with Gasteiger partial charge in [-0.2, -0.15) is 11.8 Å². The third-order valence-corrected chi connectivity index (χ3v) is 5.20. The number of nitrogens with one attached hydrogen (secondary N) is 1. The molecule has 0 heterocycles. The van der Waals surface area contributed by atoms with E-state index in [0.29, 0.717) is 17.7 Å². The summed E-state index contributed by atoms with van der Waals surface area (Å²) < 4.78 is 0. The highest BCUT2D eigenvalue weighted by atomic mass is 32.2. The number of hydrogen-bond acceptors (Lipinski definition) is 3. The first-order valence-corrected chi connectivity index (χ1v) is 8.65. The number of thioether (sulfide) groups is 1. The number of hydrogen-bond donors (Lipinski definition) is 2. The van der Waals surface area contributed by atoms with Crippen LogP contribution in [0.1, 0.15) is 37.7 Å². The van der Waals surface area contributed by atoms with E-state index in [1.54, 1.807) is 0 Å². The number of benzene rings is 1. The first-order valence-electron chi connectivity index (χ1n) is 7.36. The van der Waals surface area contributed by atoms with Crippen LogP contribution >= 0.6 is 11.8 Å². The van der Waals surface area contributed by atoms with Gasteiger partial charge in [0.1, 0.15) is 0 Å². The molecule has 0 bridgehead atoms. The first kappa shape index (κ1) is 15.2. The van der Waals surface area contributed by atoms with Crippen LogP contribution in [0.2, 0.25) is 0 Å². The van der Waals surface area contributed by atoms with Gasteiger partial charge in [-0.05, 0) is 37.1 Å². The molecule has 3 N–H and O–H groups in total. The Morgan fingerprint density at radius 3 is 2.85 bits per heavy atom. The molecule has 1 saturated carbocycles. The lowest BCUT2D eigenvalue weighted by molar-refractivity contribution is -0.121. The lowest BCUT2D eigenvalue weighted by Crippen LogP contribution is -2.43. The van der Waals surface area contributed by atoms with E-state index in [4.69, 9.17) is 5.73 Å². The third kappa shape index (κ3) is 4.17. The molecule has 0 aromatic heterocycles. The Labute approximate surface area is 125 Å². The molecule has 0 saturated heterocycles. The van der Waals surface area contributed by atoms with Crippen LogP contribution in [-0.4, -0.2) is 23.5 Å². The minimum atomic E-state index is 0.152. The second kappa shape index (κ2) is 7.58. The van der Waals surface area contributed by atoms with Crippen LogP contribution in [0.4, 0.5) is 5.69 Å². The summed E-state index contributed by atoms with van der Waals surface area (Å²) >= 11 is 1.88. The van der Waals surface area contributed by atoms with Crippen LogP contribution in [-0.2, 0) is 11.2 Å². The van der Waals surface area contributed by atoms with Crippen molar-refractivity contribution in [3.63, 3.8) is 0 Å². The number of nitrogen functional groups attached to an aromatic ring is 1. The Morgan fingerprint density at radius 1 is 1.35 bits per heavy atom. The number of para-hydroxylation sites is 1. The summed E-state index contributed by atoms with van der Waals surface area (Å²) in [6.45, 7) is 0. The van der Waals surface area contributed by atoms with E-state index in [9.17, 15) is 4.79 Å². The van der Waals surface area contributed by atoms with E-state index in [1.807, 2.05) is 36.0 Å². The normalized spacial score (nSPS) is 22.4. The topological polar surface area (TPSA) is 55.1 Å². The van der Waals surface area contributed by atoms with Crippen molar-refractivity contribution in [2.24, 2.45) is 0 Å². The number of amides is 1. The van der Waals surface area contributed by atoms with Gasteiger partial charge >= 0.3 is 0 Å². The molecule has 110 valence electrons. The lowest BCUT2D eigenvalue weighted by atomic mass is 9.94. The van der Waals surface area contributed by atoms with Gasteiger partial charge in [-0.15, -0.1) is 0 Å². The highest BCUT2D eigenvalue weighted by Gasteiger charge is 2.25. The van der Waals surface area contributed by atoms with E-state index in [2.05, 4.69) is 11.6 Å². The first-order chi connectivity index (χ1) is 9.70. The molecule has 20 heavy (non-hydrogen) atoms. The van der Waals surface area contributed by atoms with E-state index < -0.39 is 0 Å². The second-order valence-electron chi connectivity index (χ2n) is 5.43. The van der Waals surface area contributed by atoms with Crippen molar-refractivity contribution in [1.29, 1.82) is 0 Å². The zero-order chi connectivity index (χ0) is 14.4. The predicted octanol–water partition coefficient (Wildman–Crippen LogP) is 2.99. The molecule has 1 amide bonds. The monoisotopic (exact) mass is 292 g/mol. The molecule has 1 aliphatic carbocycles. The lowest BCUT2D eigenvalue weighted by Gasteiger charge is -2.31. The smallest absolute Gasteiger partial charge is 0.220 e. The van der Waals surface area contributed by atoms with Crippen molar-refractivity contribution in [3.05, 3.63) is 29.8 Å². The van der Waals surface area contributed by atoms with Crippen molar-refractivity contribution in [2.75, 3.05) is 12.0 Å². The Bertz CT molecular complexity index is 450. The fourth-order valence-corrected chi connectivity index (χ4v) is 3.77. The van der Waals surface area contributed by atoms with Crippen molar-refractivity contribution in [1.82, 2.24) is 5.32 Å². The van der Waals surface area contributed by atoms with Gasteiger partial charge in [-0.1, -0.05) is 31.0 Å². The number of aryl methyl sites for hydroxylation is 1. The molecule has 0 aliphatic heterocycles. The number of nitrogens with two attached hydrogens (primary N) is 1. The van der Waals surface area contributed by atoms with E-state index in [-0.39, 0.29) is 5.91 Å². The van der Waals surface area contributed by atoms with Gasteiger partial charge in [0.2, 0.25) is 5.91 Å². The molecular weight excluding hydrogens is 268 g/mol. The van der Waals surface area contributed by atoms with Crippen LogP contribution in [0.25, 0.3) is 0 Å². The zero-order valence-electron chi connectivity index (χ0n) is 12.1. The van der Waals surface area contributed by atoms with Gasteiger partial charge in [0.05, 0.1) is 0 Å². The second-order valence-corrected chi connectivity index (χ2v) is 6.51. The number of rotatable bonds is 5. The molecule has 2 rings (SSSR count). The average Bonchev–Trinajstić information content (AvgIpc) is 2.47. The zero-order valence-corrected chi connectivity index (χ0v) is 12.9. The average molecular weight is 292 g/mol. The Morgan fingerprint density at radius 2 is 2.10 bits per heavy atom. The summed E-state index contributed by atoms with van der Waals surface area (Å²) in [5.41, 5.74) is 7.74. The summed E-state index contributed by atoms with van der Waals surface area (Å²) in [7, 11) is 0. The standard InChI is InChI=1S/C16H24N2OS/c1-20-15-9-5-4-8-14(15)18-16(19)11-10-12-6-2-3-7-13(12)17/h2-3,6-7,14-15H,4-5,8-11,17H2,1H3,(H,18,19). The molecule has 2 atom stereocenters. The van der Waals surface area contributed by atoms with Crippen LogP contribution in [0, 0.1) is 0 Å².